The predicted molar refractivity (Wildman–Crippen MR) is 68.7 cm³/mol. The first-order chi connectivity index (χ1) is 8.01. The van der Waals surface area contributed by atoms with Gasteiger partial charge in [-0.2, -0.15) is 0 Å². The van der Waals surface area contributed by atoms with Crippen LogP contribution in [0.5, 0.6) is 0 Å². The van der Waals surface area contributed by atoms with Gasteiger partial charge in [0.2, 0.25) is 11.8 Å². The summed E-state index contributed by atoms with van der Waals surface area (Å²) in [4.78, 5) is 24.7. The zero-order valence-electron chi connectivity index (χ0n) is 11.4. The van der Waals surface area contributed by atoms with E-state index in [0.717, 1.165) is 13.1 Å². The fourth-order valence-electron chi connectivity index (χ4n) is 1.50. The van der Waals surface area contributed by atoms with Gasteiger partial charge >= 0.3 is 0 Å². The Bertz CT molecular complexity index is 238. The van der Waals surface area contributed by atoms with Crippen molar-refractivity contribution >= 4 is 11.8 Å². The Morgan fingerprint density at radius 1 is 1.18 bits per heavy atom. The molecule has 0 heterocycles. The number of nitrogens with one attached hydrogen (secondary N) is 2. The number of nitrogens with zero attached hydrogens (tertiary/aromatic N) is 1. The van der Waals surface area contributed by atoms with Crippen LogP contribution >= 0.6 is 0 Å². The van der Waals surface area contributed by atoms with Crippen LogP contribution in [0.4, 0.5) is 0 Å². The van der Waals surface area contributed by atoms with Crippen LogP contribution in [0.25, 0.3) is 0 Å². The Hall–Kier alpha value is -1.10. The van der Waals surface area contributed by atoms with E-state index in [9.17, 15) is 9.59 Å². The van der Waals surface area contributed by atoms with E-state index in [1.54, 1.807) is 4.90 Å². The highest BCUT2D eigenvalue weighted by atomic mass is 16.2. The molecule has 0 saturated carbocycles. The van der Waals surface area contributed by atoms with Crippen molar-refractivity contribution in [1.29, 1.82) is 0 Å². The van der Waals surface area contributed by atoms with Gasteiger partial charge in [-0.3, -0.25) is 9.59 Å². The highest BCUT2D eigenvalue weighted by Crippen LogP contribution is 1.92. The summed E-state index contributed by atoms with van der Waals surface area (Å²) in [5.74, 6) is 0.0991. The lowest BCUT2D eigenvalue weighted by Gasteiger charge is -2.18. The van der Waals surface area contributed by atoms with E-state index < -0.39 is 0 Å². The van der Waals surface area contributed by atoms with Gasteiger partial charge in [0.15, 0.2) is 0 Å². The van der Waals surface area contributed by atoms with Crippen molar-refractivity contribution in [2.24, 2.45) is 0 Å². The molecule has 17 heavy (non-hydrogen) atoms. The molecule has 0 aromatic carbocycles. The highest BCUT2D eigenvalue weighted by Gasteiger charge is 2.09. The first-order valence-electron chi connectivity index (χ1n) is 6.29. The van der Waals surface area contributed by atoms with E-state index >= 15 is 0 Å². The fourth-order valence-corrected chi connectivity index (χ4v) is 1.50. The Balaban J connectivity index is 3.64. The molecule has 0 atom stereocenters. The Kier molecular flexibility index (Phi) is 8.40. The van der Waals surface area contributed by atoms with Crippen LogP contribution in [0.3, 0.4) is 0 Å². The first-order valence-corrected chi connectivity index (χ1v) is 6.29. The molecular weight excluding hydrogens is 218 g/mol. The number of hydrogen-bond donors (Lipinski definition) is 2. The molecular formula is C12H25N3O2. The molecule has 0 radical (unpaired) electrons. The van der Waals surface area contributed by atoms with E-state index in [4.69, 9.17) is 0 Å². The molecule has 0 rings (SSSR count). The van der Waals surface area contributed by atoms with Crippen molar-refractivity contribution in [3.63, 3.8) is 0 Å². The van der Waals surface area contributed by atoms with Crippen LogP contribution in [0.1, 0.15) is 34.1 Å². The molecule has 0 saturated heterocycles. The zero-order chi connectivity index (χ0) is 13.3. The molecule has 0 bridgehead atoms. The SMILES string of the molecule is CCN(CC)C(=O)CCNCC(=O)NC(C)C. The minimum Gasteiger partial charge on any atom is -0.353 e. The maximum Gasteiger partial charge on any atom is 0.234 e. The van der Waals surface area contributed by atoms with E-state index in [1.807, 2.05) is 27.7 Å². The lowest BCUT2D eigenvalue weighted by atomic mass is 10.3. The van der Waals surface area contributed by atoms with Crippen molar-refractivity contribution in [1.82, 2.24) is 15.5 Å². The summed E-state index contributed by atoms with van der Waals surface area (Å²) in [5.41, 5.74) is 0. The van der Waals surface area contributed by atoms with Gasteiger partial charge in [0.1, 0.15) is 0 Å². The largest absolute Gasteiger partial charge is 0.353 e. The molecule has 2 N–H and O–H groups in total. The Labute approximate surface area is 104 Å². The smallest absolute Gasteiger partial charge is 0.234 e. The minimum absolute atomic E-state index is 0.0321. The van der Waals surface area contributed by atoms with Gasteiger partial charge < -0.3 is 15.5 Å². The van der Waals surface area contributed by atoms with Gasteiger partial charge in [0.05, 0.1) is 6.54 Å². The summed E-state index contributed by atoms with van der Waals surface area (Å²) < 4.78 is 0. The van der Waals surface area contributed by atoms with Gasteiger partial charge in [0, 0.05) is 32.1 Å². The number of amides is 2. The molecule has 0 unspecified atom stereocenters. The third-order valence-electron chi connectivity index (χ3n) is 2.37. The molecule has 0 fully saturated rings. The van der Waals surface area contributed by atoms with Crippen LogP contribution in [0.2, 0.25) is 0 Å². The molecule has 0 aromatic heterocycles. The van der Waals surface area contributed by atoms with Crippen molar-refractivity contribution in [2.45, 2.75) is 40.2 Å². The lowest BCUT2D eigenvalue weighted by molar-refractivity contribution is -0.131. The van der Waals surface area contributed by atoms with Gasteiger partial charge in [-0.25, -0.2) is 0 Å². The molecule has 5 heteroatoms. The average Bonchev–Trinajstić information content (AvgIpc) is 2.25. The molecule has 0 aromatic rings. The number of carbonyl (C=O) groups is 2. The van der Waals surface area contributed by atoms with E-state index in [1.165, 1.54) is 0 Å². The standard InChI is InChI=1S/C12H25N3O2/c1-5-15(6-2)12(17)7-8-13-9-11(16)14-10(3)4/h10,13H,5-9H2,1-4H3,(H,14,16). The normalized spacial score (nSPS) is 10.4. The van der Waals surface area contributed by atoms with E-state index in [-0.39, 0.29) is 24.4 Å². The molecule has 0 aliphatic carbocycles. The second-order valence-corrected chi connectivity index (χ2v) is 4.22. The van der Waals surface area contributed by atoms with Crippen LogP contribution in [-0.2, 0) is 9.59 Å². The summed E-state index contributed by atoms with van der Waals surface area (Å²) in [6.07, 6.45) is 0.441. The van der Waals surface area contributed by atoms with Gasteiger partial charge in [-0.05, 0) is 27.7 Å². The van der Waals surface area contributed by atoms with Crippen LogP contribution in [0, 0.1) is 0 Å². The van der Waals surface area contributed by atoms with Gasteiger partial charge in [-0.1, -0.05) is 0 Å². The molecule has 5 nitrogen and oxygen atoms in total. The Morgan fingerprint density at radius 3 is 2.24 bits per heavy atom. The summed E-state index contributed by atoms with van der Waals surface area (Å²) in [6, 6.07) is 0.154. The van der Waals surface area contributed by atoms with E-state index in [2.05, 4.69) is 10.6 Å². The highest BCUT2D eigenvalue weighted by molar-refractivity contribution is 5.78. The maximum atomic E-state index is 11.6. The second-order valence-electron chi connectivity index (χ2n) is 4.22. The van der Waals surface area contributed by atoms with Gasteiger partial charge in [-0.15, -0.1) is 0 Å². The first kappa shape index (κ1) is 15.9. The van der Waals surface area contributed by atoms with Crippen LogP contribution < -0.4 is 10.6 Å². The summed E-state index contributed by atoms with van der Waals surface area (Å²) in [6.45, 7) is 10.1. The average molecular weight is 243 g/mol. The van der Waals surface area contributed by atoms with Crippen molar-refractivity contribution in [3.05, 3.63) is 0 Å². The number of carbonyl (C=O) groups excluding carboxylic acids is 2. The number of rotatable bonds is 8. The van der Waals surface area contributed by atoms with Crippen molar-refractivity contribution in [3.8, 4) is 0 Å². The maximum absolute atomic E-state index is 11.6. The molecule has 0 aliphatic heterocycles. The third kappa shape index (κ3) is 7.74. The quantitative estimate of drug-likeness (QED) is 0.605. The van der Waals surface area contributed by atoms with Crippen molar-refractivity contribution in [2.75, 3.05) is 26.2 Å². The fraction of sp³-hybridized carbons (Fsp3) is 0.833. The molecule has 100 valence electrons. The third-order valence-corrected chi connectivity index (χ3v) is 2.37. The molecule has 2 amide bonds. The summed E-state index contributed by atoms with van der Waals surface area (Å²) >= 11 is 0. The van der Waals surface area contributed by atoms with Gasteiger partial charge in [0.25, 0.3) is 0 Å². The molecule has 0 aliphatic rings. The number of hydrogen-bond acceptors (Lipinski definition) is 3. The van der Waals surface area contributed by atoms with Crippen LogP contribution in [-0.4, -0.2) is 48.9 Å². The van der Waals surface area contributed by atoms with E-state index in [0.29, 0.717) is 13.0 Å². The zero-order valence-corrected chi connectivity index (χ0v) is 11.4. The summed E-state index contributed by atoms with van der Waals surface area (Å²) in [7, 11) is 0. The Morgan fingerprint density at radius 2 is 1.76 bits per heavy atom. The van der Waals surface area contributed by atoms with Crippen LogP contribution in [0.15, 0.2) is 0 Å². The topological polar surface area (TPSA) is 61.4 Å². The second kappa shape index (κ2) is 8.98. The predicted octanol–water partition coefficient (Wildman–Crippen LogP) is 0.359. The lowest BCUT2D eigenvalue weighted by Crippen LogP contribution is -2.39. The monoisotopic (exact) mass is 243 g/mol. The van der Waals surface area contributed by atoms with Crippen molar-refractivity contribution < 1.29 is 9.59 Å². The minimum atomic E-state index is -0.0321. The molecule has 0 spiro atoms. The summed E-state index contributed by atoms with van der Waals surface area (Å²) in [5, 5.41) is 5.74.